The second-order valence-corrected chi connectivity index (χ2v) is 7.39. The Hall–Kier alpha value is -1.96. The number of hydrogen-bond donors (Lipinski definition) is 1. The first-order valence-electron chi connectivity index (χ1n) is 8.68. The van der Waals surface area contributed by atoms with Gasteiger partial charge in [0.1, 0.15) is 16.7 Å². The average molecular weight is 383 g/mol. The summed E-state index contributed by atoms with van der Waals surface area (Å²) in [5, 5.41) is 3.43. The fourth-order valence-electron chi connectivity index (χ4n) is 2.87. The summed E-state index contributed by atoms with van der Waals surface area (Å²) in [4.78, 5) is 21.5. The van der Waals surface area contributed by atoms with E-state index in [9.17, 15) is 8.78 Å². The quantitative estimate of drug-likeness (QED) is 0.836. The van der Waals surface area contributed by atoms with Crippen molar-refractivity contribution in [1.82, 2.24) is 24.9 Å². The van der Waals surface area contributed by atoms with E-state index >= 15 is 0 Å². The zero-order valence-electron chi connectivity index (χ0n) is 14.7. The Labute approximate surface area is 155 Å². The predicted octanol–water partition coefficient (Wildman–Crippen LogP) is 4.17. The minimum absolute atomic E-state index is 0.0813. The molecule has 1 saturated carbocycles. The highest BCUT2D eigenvalue weighted by atomic mass is 35.5. The van der Waals surface area contributed by atoms with Gasteiger partial charge in [0.15, 0.2) is 5.82 Å². The number of aromatic nitrogens is 5. The lowest BCUT2D eigenvalue weighted by atomic mass is 9.92. The van der Waals surface area contributed by atoms with Crippen LogP contribution in [0, 0.1) is 5.92 Å². The lowest BCUT2D eigenvalue weighted by molar-refractivity contribution is -0.0361. The molecule has 1 N–H and O–H groups in total. The van der Waals surface area contributed by atoms with Crippen LogP contribution in [0.25, 0.3) is 11.5 Å². The van der Waals surface area contributed by atoms with E-state index in [0.717, 1.165) is 0 Å². The Kier molecular flexibility index (Phi) is 5.60. The number of nitrogens with one attached hydrogen (secondary N) is 1. The number of alkyl halides is 2. The Bertz CT molecular complexity index is 761. The molecule has 1 aliphatic rings. The molecule has 0 spiro atoms. The molecule has 140 valence electrons. The summed E-state index contributed by atoms with van der Waals surface area (Å²) in [5.41, 5.74) is 0.447. The van der Waals surface area contributed by atoms with Crippen molar-refractivity contribution in [1.29, 1.82) is 0 Å². The third-order valence-corrected chi connectivity index (χ3v) is 4.34. The van der Waals surface area contributed by atoms with Gasteiger partial charge in [0, 0.05) is 25.3 Å². The van der Waals surface area contributed by atoms with Crippen LogP contribution in [0.4, 0.5) is 14.7 Å². The molecule has 2 heterocycles. The summed E-state index contributed by atoms with van der Waals surface area (Å²) in [6.07, 6.45) is 4.15. The van der Waals surface area contributed by atoms with Gasteiger partial charge in [-0.1, -0.05) is 25.4 Å². The normalized spacial score (nSPS) is 17.5. The number of anilines is 1. The van der Waals surface area contributed by atoms with E-state index in [2.05, 4.69) is 44.1 Å². The fraction of sp³-hybridized carbons (Fsp3) is 0.588. The molecule has 0 saturated heterocycles. The van der Waals surface area contributed by atoms with Crippen LogP contribution < -0.4 is 5.32 Å². The molecule has 0 aliphatic heterocycles. The average Bonchev–Trinajstić information content (AvgIpc) is 2.56. The predicted molar refractivity (Wildman–Crippen MR) is 95.2 cm³/mol. The SMILES string of the molecule is CC(C)Cc1nc(NC2CCC(F)(F)CC2)nc(-c2cncc(Cl)n2)n1. The Morgan fingerprint density at radius 3 is 2.54 bits per heavy atom. The van der Waals surface area contributed by atoms with Gasteiger partial charge in [0.05, 0.1) is 12.4 Å². The third-order valence-electron chi connectivity index (χ3n) is 4.16. The van der Waals surface area contributed by atoms with Crippen LogP contribution in [-0.4, -0.2) is 36.9 Å². The first-order valence-corrected chi connectivity index (χ1v) is 9.06. The molecule has 0 aromatic carbocycles. The Balaban J connectivity index is 1.85. The molecule has 2 aromatic rings. The molecule has 0 radical (unpaired) electrons. The lowest BCUT2D eigenvalue weighted by Gasteiger charge is -2.28. The summed E-state index contributed by atoms with van der Waals surface area (Å²) < 4.78 is 26.7. The first kappa shape index (κ1) is 18.8. The Morgan fingerprint density at radius 2 is 1.88 bits per heavy atom. The van der Waals surface area contributed by atoms with Crippen molar-refractivity contribution >= 4 is 17.5 Å². The third kappa shape index (κ3) is 5.03. The second-order valence-electron chi connectivity index (χ2n) is 7.00. The summed E-state index contributed by atoms with van der Waals surface area (Å²) in [6, 6.07) is -0.0813. The maximum atomic E-state index is 13.4. The zero-order chi connectivity index (χ0) is 18.7. The van der Waals surface area contributed by atoms with E-state index in [0.29, 0.717) is 48.5 Å². The van der Waals surface area contributed by atoms with Gasteiger partial charge in [-0.15, -0.1) is 0 Å². The van der Waals surface area contributed by atoms with Gasteiger partial charge in [0.2, 0.25) is 11.9 Å². The smallest absolute Gasteiger partial charge is 0.248 e. The molecule has 6 nitrogen and oxygen atoms in total. The van der Waals surface area contributed by atoms with Crippen molar-refractivity contribution in [3.05, 3.63) is 23.4 Å². The van der Waals surface area contributed by atoms with E-state index in [1.54, 1.807) is 0 Å². The maximum Gasteiger partial charge on any atom is 0.248 e. The summed E-state index contributed by atoms with van der Waals surface area (Å²) >= 11 is 5.91. The van der Waals surface area contributed by atoms with Gasteiger partial charge in [-0.25, -0.2) is 18.7 Å². The molecule has 26 heavy (non-hydrogen) atoms. The highest BCUT2D eigenvalue weighted by Crippen LogP contribution is 2.34. The van der Waals surface area contributed by atoms with E-state index < -0.39 is 5.92 Å². The van der Waals surface area contributed by atoms with Gasteiger partial charge in [0.25, 0.3) is 0 Å². The van der Waals surface area contributed by atoms with Crippen LogP contribution in [0.3, 0.4) is 0 Å². The van der Waals surface area contributed by atoms with Crippen LogP contribution in [0.1, 0.15) is 45.4 Å². The van der Waals surface area contributed by atoms with Crippen LogP contribution in [0.2, 0.25) is 5.15 Å². The molecule has 1 aliphatic carbocycles. The highest BCUT2D eigenvalue weighted by Gasteiger charge is 2.35. The van der Waals surface area contributed by atoms with Crippen LogP contribution in [0.15, 0.2) is 12.4 Å². The number of nitrogens with zero attached hydrogens (tertiary/aromatic N) is 5. The fourth-order valence-corrected chi connectivity index (χ4v) is 3.02. The summed E-state index contributed by atoms with van der Waals surface area (Å²) in [7, 11) is 0. The van der Waals surface area contributed by atoms with Crippen molar-refractivity contribution < 1.29 is 8.78 Å². The molecule has 1 fully saturated rings. The van der Waals surface area contributed by atoms with E-state index in [-0.39, 0.29) is 24.0 Å². The molecular formula is C17H21ClF2N6. The number of halogens is 3. The van der Waals surface area contributed by atoms with Crippen molar-refractivity contribution in [3.63, 3.8) is 0 Å². The van der Waals surface area contributed by atoms with Gasteiger partial charge in [-0.2, -0.15) is 9.97 Å². The molecule has 0 bridgehead atoms. The molecule has 2 aromatic heterocycles. The topological polar surface area (TPSA) is 76.5 Å². The summed E-state index contributed by atoms with van der Waals surface area (Å²) in [6.45, 7) is 4.14. The first-order chi connectivity index (χ1) is 12.3. The molecule has 9 heteroatoms. The Morgan fingerprint density at radius 1 is 1.15 bits per heavy atom. The van der Waals surface area contributed by atoms with Crippen molar-refractivity contribution in [2.45, 2.75) is 57.9 Å². The van der Waals surface area contributed by atoms with Crippen molar-refractivity contribution in [3.8, 4) is 11.5 Å². The van der Waals surface area contributed by atoms with Gasteiger partial charge < -0.3 is 5.32 Å². The molecule has 3 rings (SSSR count). The minimum Gasteiger partial charge on any atom is -0.351 e. The minimum atomic E-state index is -2.57. The molecule has 0 amide bonds. The lowest BCUT2D eigenvalue weighted by Crippen LogP contribution is -2.32. The van der Waals surface area contributed by atoms with Crippen LogP contribution in [-0.2, 0) is 6.42 Å². The molecule has 0 unspecified atom stereocenters. The van der Waals surface area contributed by atoms with Crippen molar-refractivity contribution in [2.24, 2.45) is 5.92 Å². The largest absolute Gasteiger partial charge is 0.351 e. The monoisotopic (exact) mass is 382 g/mol. The van der Waals surface area contributed by atoms with E-state index in [1.165, 1.54) is 12.4 Å². The zero-order valence-corrected chi connectivity index (χ0v) is 15.5. The van der Waals surface area contributed by atoms with Gasteiger partial charge in [-0.05, 0) is 18.8 Å². The molecule has 0 atom stereocenters. The van der Waals surface area contributed by atoms with E-state index in [4.69, 9.17) is 11.6 Å². The number of rotatable bonds is 5. The standard InChI is InChI=1S/C17H21ClF2N6/c1-10(2)7-14-24-15(12-8-21-9-13(18)23-12)26-16(25-14)22-11-3-5-17(19,20)6-4-11/h8-11H,3-7H2,1-2H3,(H,22,24,25,26). The van der Waals surface area contributed by atoms with E-state index in [1.807, 2.05) is 0 Å². The van der Waals surface area contributed by atoms with Crippen molar-refractivity contribution in [2.75, 3.05) is 5.32 Å². The van der Waals surface area contributed by atoms with Crippen LogP contribution in [0.5, 0.6) is 0 Å². The maximum absolute atomic E-state index is 13.4. The van der Waals surface area contributed by atoms with Crippen LogP contribution >= 0.6 is 11.6 Å². The number of hydrogen-bond acceptors (Lipinski definition) is 6. The second kappa shape index (κ2) is 7.73. The summed E-state index contributed by atoms with van der Waals surface area (Å²) in [5.74, 6) is -0.842. The molecular weight excluding hydrogens is 362 g/mol. The van der Waals surface area contributed by atoms with Gasteiger partial charge >= 0.3 is 0 Å². The highest BCUT2D eigenvalue weighted by molar-refractivity contribution is 6.29. The van der Waals surface area contributed by atoms with Gasteiger partial charge in [-0.3, -0.25) is 4.98 Å².